The maximum Gasteiger partial charge on any atom is 0.0613 e. The standard InChI is InChI=1S/C16H36N2O3/c1-5-16(15-19,17-4)9-8-10-18(11-13-20-6-2)12-14-21-7-3/h17,19H,5-15H2,1-4H3. The van der Waals surface area contributed by atoms with Crippen molar-refractivity contribution in [3.8, 4) is 0 Å². The number of aliphatic hydroxyl groups is 1. The first kappa shape index (κ1) is 20.8. The fourth-order valence-corrected chi connectivity index (χ4v) is 2.40. The molecule has 0 spiro atoms. The van der Waals surface area contributed by atoms with Crippen LogP contribution in [0.4, 0.5) is 0 Å². The minimum absolute atomic E-state index is 0.133. The van der Waals surface area contributed by atoms with E-state index in [0.717, 1.165) is 65.3 Å². The number of hydrogen-bond donors (Lipinski definition) is 2. The highest BCUT2D eigenvalue weighted by molar-refractivity contribution is 4.84. The van der Waals surface area contributed by atoms with Gasteiger partial charge in [-0.15, -0.1) is 0 Å². The lowest BCUT2D eigenvalue weighted by atomic mass is 9.91. The predicted molar refractivity (Wildman–Crippen MR) is 87.8 cm³/mol. The summed E-state index contributed by atoms with van der Waals surface area (Å²) in [6.07, 6.45) is 2.99. The molecule has 5 heteroatoms. The molecule has 1 atom stereocenters. The Morgan fingerprint density at radius 2 is 1.57 bits per heavy atom. The highest BCUT2D eigenvalue weighted by atomic mass is 16.5. The maximum absolute atomic E-state index is 9.57. The minimum atomic E-state index is -0.133. The van der Waals surface area contributed by atoms with E-state index in [1.807, 2.05) is 20.9 Å². The van der Waals surface area contributed by atoms with Crippen LogP contribution in [0.25, 0.3) is 0 Å². The van der Waals surface area contributed by atoms with Crippen molar-refractivity contribution in [2.75, 3.05) is 59.7 Å². The molecule has 0 amide bonds. The number of nitrogens with one attached hydrogen (secondary N) is 1. The van der Waals surface area contributed by atoms with Crippen LogP contribution in [0.5, 0.6) is 0 Å². The SMILES string of the molecule is CCOCCN(CCCC(CC)(CO)NC)CCOCC. The van der Waals surface area contributed by atoms with Crippen LogP contribution in [-0.4, -0.2) is 75.3 Å². The number of nitrogens with zero attached hydrogens (tertiary/aromatic N) is 1. The highest BCUT2D eigenvalue weighted by Gasteiger charge is 2.24. The fraction of sp³-hybridized carbons (Fsp3) is 1.00. The lowest BCUT2D eigenvalue weighted by molar-refractivity contribution is 0.0789. The molecule has 0 aromatic carbocycles. The molecule has 1 unspecified atom stereocenters. The van der Waals surface area contributed by atoms with Gasteiger partial charge in [0, 0.05) is 31.8 Å². The lowest BCUT2D eigenvalue weighted by Gasteiger charge is -2.31. The quantitative estimate of drug-likeness (QED) is 0.449. The molecule has 0 aromatic rings. The van der Waals surface area contributed by atoms with Gasteiger partial charge in [0.1, 0.15) is 0 Å². The molecule has 5 nitrogen and oxygen atoms in total. The molecule has 21 heavy (non-hydrogen) atoms. The average molecular weight is 304 g/mol. The second-order valence-corrected chi connectivity index (χ2v) is 5.38. The molecule has 0 saturated heterocycles. The van der Waals surface area contributed by atoms with E-state index < -0.39 is 0 Å². The maximum atomic E-state index is 9.57. The van der Waals surface area contributed by atoms with Crippen LogP contribution in [0.1, 0.15) is 40.0 Å². The number of likely N-dealkylation sites (N-methyl/N-ethyl adjacent to an activating group) is 1. The van der Waals surface area contributed by atoms with Crippen LogP contribution in [-0.2, 0) is 9.47 Å². The number of aliphatic hydroxyl groups excluding tert-OH is 1. The Labute approximate surface area is 131 Å². The van der Waals surface area contributed by atoms with Gasteiger partial charge in [-0.2, -0.15) is 0 Å². The van der Waals surface area contributed by atoms with Gasteiger partial charge in [-0.05, 0) is 46.7 Å². The topological polar surface area (TPSA) is 54.0 Å². The van der Waals surface area contributed by atoms with Gasteiger partial charge < -0.3 is 19.9 Å². The minimum Gasteiger partial charge on any atom is -0.394 e. The van der Waals surface area contributed by atoms with E-state index in [1.165, 1.54) is 0 Å². The normalized spacial score (nSPS) is 14.6. The summed E-state index contributed by atoms with van der Waals surface area (Å²) in [4.78, 5) is 2.39. The van der Waals surface area contributed by atoms with Gasteiger partial charge in [-0.3, -0.25) is 4.90 Å². The third-order valence-corrected chi connectivity index (χ3v) is 4.15. The Balaban J connectivity index is 4.12. The van der Waals surface area contributed by atoms with Gasteiger partial charge in [0.2, 0.25) is 0 Å². The molecule has 0 heterocycles. The van der Waals surface area contributed by atoms with Gasteiger partial charge in [0.05, 0.1) is 19.8 Å². The molecule has 0 aromatic heterocycles. The molecule has 0 rings (SSSR count). The van der Waals surface area contributed by atoms with Gasteiger partial charge >= 0.3 is 0 Å². The molecule has 0 bridgehead atoms. The van der Waals surface area contributed by atoms with Crippen LogP contribution in [0.2, 0.25) is 0 Å². The summed E-state index contributed by atoms with van der Waals surface area (Å²) < 4.78 is 10.9. The van der Waals surface area contributed by atoms with E-state index in [4.69, 9.17) is 9.47 Å². The van der Waals surface area contributed by atoms with Gasteiger partial charge in [-0.25, -0.2) is 0 Å². The molecule has 128 valence electrons. The largest absolute Gasteiger partial charge is 0.394 e. The van der Waals surface area contributed by atoms with E-state index in [2.05, 4.69) is 17.1 Å². The van der Waals surface area contributed by atoms with Crippen LogP contribution in [0, 0.1) is 0 Å². The van der Waals surface area contributed by atoms with E-state index in [-0.39, 0.29) is 12.1 Å². The Hall–Kier alpha value is -0.200. The fourth-order valence-electron chi connectivity index (χ4n) is 2.40. The van der Waals surface area contributed by atoms with Crippen molar-refractivity contribution in [2.45, 2.75) is 45.6 Å². The van der Waals surface area contributed by atoms with E-state index in [9.17, 15) is 5.11 Å². The van der Waals surface area contributed by atoms with Crippen molar-refractivity contribution in [3.63, 3.8) is 0 Å². The Morgan fingerprint density at radius 3 is 1.95 bits per heavy atom. The molecule has 0 aliphatic carbocycles. The third-order valence-electron chi connectivity index (χ3n) is 4.15. The third kappa shape index (κ3) is 9.42. The van der Waals surface area contributed by atoms with E-state index in [1.54, 1.807) is 0 Å². The first-order chi connectivity index (χ1) is 10.2. The summed E-state index contributed by atoms with van der Waals surface area (Å²) in [6.45, 7) is 12.3. The number of hydrogen-bond acceptors (Lipinski definition) is 5. The number of rotatable bonds is 15. The van der Waals surface area contributed by atoms with Crippen molar-refractivity contribution < 1.29 is 14.6 Å². The monoisotopic (exact) mass is 304 g/mol. The lowest BCUT2D eigenvalue weighted by Crippen LogP contribution is -2.46. The van der Waals surface area contributed by atoms with Gasteiger partial charge in [0.25, 0.3) is 0 Å². The Kier molecular flexibility index (Phi) is 13.3. The summed E-state index contributed by atoms with van der Waals surface area (Å²) in [5, 5.41) is 12.8. The summed E-state index contributed by atoms with van der Waals surface area (Å²) in [6, 6.07) is 0. The number of ether oxygens (including phenoxy) is 2. The second-order valence-electron chi connectivity index (χ2n) is 5.38. The zero-order valence-electron chi connectivity index (χ0n) is 14.5. The van der Waals surface area contributed by atoms with Crippen molar-refractivity contribution in [2.24, 2.45) is 0 Å². The van der Waals surface area contributed by atoms with E-state index >= 15 is 0 Å². The van der Waals surface area contributed by atoms with E-state index in [0.29, 0.717) is 0 Å². The van der Waals surface area contributed by atoms with Crippen molar-refractivity contribution in [1.82, 2.24) is 10.2 Å². The van der Waals surface area contributed by atoms with Crippen LogP contribution in [0.3, 0.4) is 0 Å². The van der Waals surface area contributed by atoms with Crippen LogP contribution < -0.4 is 5.32 Å². The average Bonchev–Trinajstić information content (AvgIpc) is 2.52. The van der Waals surface area contributed by atoms with Crippen molar-refractivity contribution in [3.05, 3.63) is 0 Å². The van der Waals surface area contributed by atoms with Crippen molar-refractivity contribution >= 4 is 0 Å². The molecule has 0 aliphatic rings. The first-order valence-electron chi connectivity index (χ1n) is 8.35. The zero-order chi connectivity index (χ0) is 16.0. The first-order valence-corrected chi connectivity index (χ1v) is 8.35. The summed E-state index contributed by atoms with van der Waals surface area (Å²) in [7, 11) is 1.93. The smallest absolute Gasteiger partial charge is 0.0613 e. The van der Waals surface area contributed by atoms with Crippen molar-refractivity contribution in [1.29, 1.82) is 0 Å². The Bertz CT molecular complexity index is 205. The van der Waals surface area contributed by atoms with Gasteiger partial charge in [0.15, 0.2) is 0 Å². The molecular weight excluding hydrogens is 268 g/mol. The van der Waals surface area contributed by atoms with Gasteiger partial charge in [-0.1, -0.05) is 6.92 Å². The second kappa shape index (κ2) is 13.5. The Morgan fingerprint density at radius 1 is 1.00 bits per heavy atom. The predicted octanol–water partition coefficient (Wildman–Crippen LogP) is 1.50. The summed E-state index contributed by atoms with van der Waals surface area (Å²) in [5.41, 5.74) is -0.133. The molecule has 2 N–H and O–H groups in total. The summed E-state index contributed by atoms with van der Waals surface area (Å²) in [5.74, 6) is 0. The molecule has 0 fully saturated rings. The molecular formula is C16H36N2O3. The summed E-state index contributed by atoms with van der Waals surface area (Å²) >= 11 is 0. The zero-order valence-corrected chi connectivity index (χ0v) is 14.5. The highest BCUT2D eigenvalue weighted by Crippen LogP contribution is 2.16. The molecule has 0 radical (unpaired) electrons. The molecule has 0 saturated carbocycles. The van der Waals surface area contributed by atoms with Crippen LogP contribution >= 0.6 is 0 Å². The van der Waals surface area contributed by atoms with Crippen LogP contribution in [0.15, 0.2) is 0 Å². The molecule has 0 aliphatic heterocycles.